The maximum atomic E-state index is 13.0. The fourth-order valence-electron chi connectivity index (χ4n) is 1.02. The van der Waals surface area contributed by atoms with Crippen molar-refractivity contribution in [3.8, 4) is 0 Å². The third-order valence-electron chi connectivity index (χ3n) is 1.58. The van der Waals surface area contributed by atoms with Crippen LogP contribution in [0.4, 0.5) is 4.39 Å². The topological polar surface area (TPSA) is 42.9 Å². The molecule has 0 atom stereocenters. The summed E-state index contributed by atoms with van der Waals surface area (Å²) < 4.78 is 17.6. The Bertz CT molecular complexity index is 473. The molecule has 0 bridgehead atoms. The quantitative estimate of drug-likeness (QED) is 0.773. The molecule has 0 spiro atoms. The number of carbonyl (C=O) groups excluding carboxylic acids is 1. The van der Waals surface area contributed by atoms with Crippen LogP contribution in [-0.4, -0.2) is 15.6 Å². The van der Waals surface area contributed by atoms with E-state index in [9.17, 15) is 9.18 Å². The van der Waals surface area contributed by atoms with E-state index in [1.54, 1.807) is 6.07 Å². The minimum atomic E-state index is -0.424. The van der Waals surface area contributed by atoms with Gasteiger partial charge < -0.3 is 0 Å². The van der Waals surface area contributed by atoms with Crippen LogP contribution in [0.3, 0.4) is 0 Å². The third kappa shape index (κ3) is 2.60. The van der Waals surface area contributed by atoms with Crippen LogP contribution in [0.1, 0.15) is 10.4 Å². The molecule has 0 radical (unpaired) electrons. The zero-order chi connectivity index (χ0) is 10.7. The molecule has 0 unspecified atom stereocenters. The maximum absolute atomic E-state index is 13.0. The average Bonchev–Trinajstić information content (AvgIpc) is 2.69. The smallest absolute Gasteiger partial charge is 0.174 e. The van der Waals surface area contributed by atoms with E-state index in [0.717, 1.165) is 4.34 Å². The first-order valence-electron chi connectivity index (χ1n) is 3.98. The van der Waals surface area contributed by atoms with E-state index >= 15 is 0 Å². The third-order valence-corrected chi connectivity index (χ3v) is 3.26. The van der Waals surface area contributed by atoms with E-state index < -0.39 is 5.82 Å². The molecule has 3 nitrogen and oxygen atoms in total. The lowest BCUT2D eigenvalue weighted by Gasteiger charge is -1.98. The number of hydrogen-bond donors (Lipinski definition) is 0. The number of nitrogens with zero attached hydrogens (tertiary/aromatic N) is 2. The normalized spacial score (nSPS) is 10.2. The molecule has 0 saturated heterocycles. The second-order valence-electron chi connectivity index (χ2n) is 2.65. The highest BCUT2D eigenvalue weighted by Crippen LogP contribution is 2.28. The van der Waals surface area contributed by atoms with Crippen molar-refractivity contribution >= 4 is 29.6 Å². The lowest BCUT2D eigenvalue weighted by Crippen LogP contribution is -1.84. The monoisotopic (exact) mass is 240 g/mol. The van der Waals surface area contributed by atoms with Crippen LogP contribution >= 0.6 is 23.3 Å². The van der Waals surface area contributed by atoms with Crippen LogP contribution in [0.15, 0.2) is 33.8 Å². The molecule has 0 saturated carbocycles. The van der Waals surface area contributed by atoms with Gasteiger partial charge in [-0.15, -0.1) is 0 Å². The van der Waals surface area contributed by atoms with Crippen molar-refractivity contribution in [2.24, 2.45) is 0 Å². The average molecular weight is 240 g/mol. The number of rotatable bonds is 3. The van der Waals surface area contributed by atoms with Gasteiger partial charge in [0.15, 0.2) is 4.34 Å². The summed E-state index contributed by atoms with van der Waals surface area (Å²) in [5.74, 6) is -0.424. The highest BCUT2D eigenvalue weighted by atomic mass is 32.2. The molecule has 0 aliphatic carbocycles. The van der Waals surface area contributed by atoms with Gasteiger partial charge in [0, 0.05) is 10.5 Å². The largest absolute Gasteiger partial charge is 0.298 e. The molecule has 1 heterocycles. The van der Waals surface area contributed by atoms with Crippen molar-refractivity contribution in [1.82, 2.24) is 9.36 Å². The van der Waals surface area contributed by atoms with E-state index in [-0.39, 0.29) is 0 Å². The molecule has 0 fully saturated rings. The van der Waals surface area contributed by atoms with Crippen molar-refractivity contribution in [3.63, 3.8) is 0 Å². The minimum absolute atomic E-state index is 0.321. The van der Waals surface area contributed by atoms with Gasteiger partial charge in [0.25, 0.3) is 0 Å². The second-order valence-corrected chi connectivity index (χ2v) is 4.75. The highest BCUT2D eigenvalue weighted by molar-refractivity contribution is 8.01. The molecule has 15 heavy (non-hydrogen) atoms. The van der Waals surface area contributed by atoms with Gasteiger partial charge in [-0.25, -0.2) is 9.37 Å². The van der Waals surface area contributed by atoms with Crippen LogP contribution in [0, 0.1) is 5.82 Å². The summed E-state index contributed by atoms with van der Waals surface area (Å²) >= 11 is 2.51. The van der Waals surface area contributed by atoms with E-state index in [1.165, 1.54) is 41.8 Å². The van der Waals surface area contributed by atoms with Crippen molar-refractivity contribution in [3.05, 3.63) is 35.9 Å². The second kappa shape index (κ2) is 4.50. The summed E-state index contributed by atoms with van der Waals surface area (Å²) in [4.78, 5) is 15.1. The molecule has 2 rings (SSSR count). The predicted octanol–water partition coefficient (Wildman–Crippen LogP) is 2.64. The number of aromatic nitrogens is 2. The molecule has 0 amide bonds. The molecule has 76 valence electrons. The summed E-state index contributed by atoms with van der Waals surface area (Å²) in [5, 5.41) is 0. The molecule has 1 aromatic carbocycles. The Kier molecular flexibility index (Phi) is 3.08. The van der Waals surface area contributed by atoms with Gasteiger partial charge in [0.1, 0.15) is 18.4 Å². The van der Waals surface area contributed by atoms with Crippen LogP contribution < -0.4 is 0 Å². The lowest BCUT2D eigenvalue weighted by molar-refractivity contribution is 0.112. The van der Waals surface area contributed by atoms with Gasteiger partial charge in [-0.2, -0.15) is 4.37 Å². The Morgan fingerprint density at radius 3 is 2.93 bits per heavy atom. The number of carbonyl (C=O) groups is 1. The van der Waals surface area contributed by atoms with Gasteiger partial charge in [-0.05, 0) is 29.7 Å². The predicted molar refractivity (Wildman–Crippen MR) is 55.8 cm³/mol. The maximum Gasteiger partial charge on any atom is 0.174 e. The van der Waals surface area contributed by atoms with Crippen LogP contribution in [-0.2, 0) is 0 Å². The number of aldehydes is 1. The molecule has 0 aliphatic heterocycles. The lowest BCUT2D eigenvalue weighted by atomic mass is 10.2. The first-order valence-corrected chi connectivity index (χ1v) is 5.57. The van der Waals surface area contributed by atoms with Crippen LogP contribution in [0.5, 0.6) is 0 Å². The Labute approximate surface area is 93.5 Å². The van der Waals surface area contributed by atoms with E-state index in [4.69, 9.17) is 0 Å². The number of hydrogen-bond acceptors (Lipinski definition) is 5. The van der Waals surface area contributed by atoms with E-state index in [1.807, 2.05) is 0 Å². The first-order chi connectivity index (χ1) is 7.28. The molecule has 0 aliphatic rings. The van der Waals surface area contributed by atoms with E-state index in [2.05, 4.69) is 9.36 Å². The Balaban J connectivity index is 2.28. The van der Waals surface area contributed by atoms with Gasteiger partial charge in [0.05, 0.1) is 0 Å². The highest BCUT2D eigenvalue weighted by Gasteiger charge is 2.04. The minimum Gasteiger partial charge on any atom is -0.298 e. The molecule has 2 aromatic rings. The number of halogens is 1. The van der Waals surface area contributed by atoms with Crippen LogP contribution in [0.25, 0.3) is 0 Å². The fourth-order valence-corrected chi connectivity index (χ4v) is 2.53. The summed E-state index contributed by atoms with van der Waals surface area (Å²) in [6, 6.07) is 4.17. The van der Waals surface area contributed by atoms with Crippen molar-refractivity contribution in [2.75, 3.05) is 0 Å². The zero-order valence-electron chi connectivity index (χ0n) is 7.38. The molecule has 6 heteroatoms. The van der Waals surface area contributed by atoms with Crippen molar-refractivity contribution in [1.29, 1.82) is 0 Å². The SMILES string of the molecule is O=Cc1cc(F)cc(Sc2ncns2)c1. The summed E-state index contributed by atoms with van der Waals surface area (Å²) in [7, 11) is 0. The Morgan fingerprint density at radius 2 is 2.27 bits per heavy atom. The van der Waals surface area contributed by atoms with Crippen LogP contribution in [0.2, 0.25) is 0 Å². The Hall–Kier alpha value is -1.27. The molecular weight excluding hydrogens is 235 g/mol. The first kappa shape index (κ1) is 10.3. The molecule has 0 N–H and O–H groups in total. The van der Waals surface area contributed by atoms with E-state index in [0.29, 0.717) is 16.7 Å². The zero-order valence-corrected chi connectivity index (χ0v) is 9.02. The van der Waals surface area contributed by atoms with Gasteiger partial charge in [-0.3, -0.25) is 4.79 Å². The number of benzene rings is 1. The summed E-state index contributed by atoms with van der Waals surface area (Å²) in [6.07, 6.45) is 2.06. The van der Waals surface area contributed by atoms with Crippen molar-refractivity contribution < 1.29 is 9.18 Å². The molecule has 1 aromatic heterocycles. The van der Waals surface area contributed by atoms with Gasteiger partial charge in [0.2, 0.25) is 0 Å². The fraction of sp³-hybridized carbons (Fsp3) is 0. The van der Waals surface area contributed by atoms with Gasteiger partial charge >= 0.3 is 0 Å². The van der Waals surface area contributed by atoms with Gasteiger partial charge in [-0.1, -0.05) is 11.8 Å². The van der Waals surface area contributed by atoms with Crippen molar-refractivity contribution in [2.45, 2.75) is 9.24 Å². The standard InChI is InChI=1S/C9H5FN2OS2/c10-7-1-6(4-13)2-8(3-7)14-9-11-5-12-15-9/h1-5H. The summed E-state index contributed by atoms with van der Waals surface area (Å²) in [5.41, 5.74) is 0.321. The Morgan fingerprint density at radius 1 is 1.40 bits per heavy atom. The molecular formula is C9H5FN2OS2. The summed E-state index contributed by atoms with van der Waals surface area (Å²) in [6.45, 7) is 0.